The molecule has 5 heteroatoms. The maximum Gasteiger partial charge on any atom is 0.148 e. The van der Waals surface area contributed by atoms with E-state index in [1.54, 1.807) is 4.68 Å². The Morgan fingerprint density at radius 1 is 1.69 bits per heavy atom. The minimum atomic E-state index is -0.429. The highest BCUT2D eigenvalue weighted by Crippen LogP contribution is 2.11. The molecule has 1 aromatic heterocycles. The van der Waals surface area contributed by atoms with Gasteiger partial charge in [-0.3, -0.25) is 4.68 Å². The number of hydrogen-bond acceptors (Lipinski definition) is 4. The highest BCUT2D eigenvalue weighted by Gasteiger charge is 2.26. The predicted octanol–water partition coefficient (Wildman–Crippen LogP) is -0.408. The van der Waals surface area contributed by atoms with Crippen LogP contribution in [0.25, 0.3) is 0 Å². The van der Waals surface area contributed by atoms with Crippen LogP contribution in [0.2, 0.25) is 0 Å². The van der Waals surface area contributed by atoms with Gasteiger partial charge in [0.1, 0.15) is 5.82 Å². The summed E-state index contributed by atoms with van der Waals surface area (Å²) >= 11 is 0. The van der Waals surface area contributed by atoms with Crippen LogP contribution in [0.3, 0.4) is 0 Å². The van der Waals surface area contributed by atoms with E-state index < -0.39 is 6.10 Å². The van der Waals surface area contributed by atoms with Gasteiger partial charge < -0.3 is 15.2 Å². The first-order valence-corrected chi connectivity index (χ1v) is 4.28. The van der Waals surface area contributed by atoms with E-state index in [0.29, 0.717) is 13.2 Å². The average Bonchev–Trinajstić information content (AvgIpc) is 2.64. The molecule has 1 aliphatic rings. The number of anilines is 1. The molecule has 2 unspecified atom stereocenters. The molecule has 0 aliphatic carbocycles. The molecule has 2 rings (SSSR count). The van der Waals surface area contributed by atoms with E-state index in [1.165, 1.54) is 0 Å². The van der Waals surface area contributed by atoms with Gasteiger partial charge in [0.25, 0.3) is 0 Å². The molecule has 1 fully saturated rings. The SMILES string of the molecule is Cn1ccc(NC2COCC2O)n1. The molecule has 2 heterocycles. The van der Waals surface area contributed by atoms with E-state index in [-0.39, 0.29) is 6.04 Å². The molecule has 2 N–H and O–H groups in total. The van der Waals surface area contributed by atoms with Crippen LogP contribution < -0.4 is 5.32 Å². The molecule has 0 radical (unpaired) electrons. The van der Waals surface area contributed by atoms with E-state index in [4.69, 9.17) is 4.74 Å². The molecule has 2 atom stereocenters. The number of hydrogen-bond donors (Lipinski definition) is 2. The molecular formula is C8H13N3O2. The Morgan fingerprint density at radius 2 is 2.54 bits per heavy atom. The number of rotatable bonds is 2. The van der Waals surface area contributed by atoms with E-state index in [0.717, 1.165) is 5.82 Å². The van der Waals surface area contributed by atoms with Gasteiger partial charge in [0.15, 0.2) is 0 Å². The van der Waals surface area contributed by atoms with Crippen molar-refractivity contribution < 1.29 is 9.84 Å². The first kappa shape index (κ1) is 8.52. The van der Waals surface area contributed by atoms with Crippen LogP contribution in [0.4, 0.5) is 5.82 Å². The summed E-state index contributed by atoms with van der Waals surface area (Å²) < 4.78 is 6.81. The summed E-state index contributed by atoms with van der Waals surface area (Å²) in [6, 6.07) is 1.83. The zero-order valence-electron chi connectivity index (χ0n) is 7.47. The minimum absolute atomic E-state index is 0.0325. The summed E-state index contributed by atoms with van der Waals surface area (Å²) in [5.41, 5.74) is 0. The first-order valence-electron chi connectivity index (χ1n) is 4.28. The van der Waals surface area contributed by atoms with Crippen molar-refractivity contribution in [2.45, 2.75) is 12.1 Å². The second kappa shape index (κ2) is 3.35. The number of nitrogens with one attached hydrogen (secondary N) is 1. The molecule has 0 aromatic carbocycles. The Bertz CT molecular complexity index is 287. The van der Waals surface area contributed by atoms with Crippen molar-refractivity contribution in [3.8, 4) is 0 Å². The monoisotopic (exact) mass is 183 g/mol. The third-order valence-corrected chi connectivity index (χ3v) is 2.10. The standard InChI is InChI=1S/C8H13N3O2/c1-11-3-2-8(10-11)9-6-4-13-5-7(6)12/h2-3,6-7,12H,4-5H2,1H3,(H,9,10). The van der Waals surface area contributed by atoms with Crippen molar-refractivity contribution >= 4 is 5.82 Å². The third kappa shape index (κ3) is 1.81. The normalized spacial score (nSPS) is 27.8. The second-order valence-electron chi connectivity index (χ2n) is 3.23. The van der Waals surface area contributed by atoms with Crippen LogP contribution in [0.1, 0.15) is 0 Å². The molecule has 1 aliphatic heterocycles. The first-order chi connectivity index (χ1) is 6.25. The molecule has 13 heavy (non-hydrogen) atoms. The van der Waals surface area contributed by atoms with Gasteiger partial charge in [-0.2, -0.15) is 5.10 Å². The van der Waals surface area contributed by atoms with Crippen molar-refractivity contribution in [2.75, 3.05) is 18.5 Å². The Kier molecular flexibility index (Phi) is 2.20. The highest BCUT2D eigenvalue weighted by atomic mass is 16.5. The van der Waals surface area contributed by atoms with Crippen LogP contribution in [0.15, 0.2) is 12.3 Å². The fourth-order valence-corrected chi connectivity index (χ4v) is 1.36. The van der Waals surface area contributed by atoms with Crippen LogP contribution in [0.5, 0.6) is 0 Å². The molecule has 1 saturated heterocycles. The van der Waals surface area contributed by atoms with Gasteiger partial charge in [-0.25, -0.2) is 0 Å². The number of aliphatic hydroxyl groups is 1. The molecular weight excluding hydrogens is 170 g/mol. The molecule has 1 aromatic rings. The molecule has 72 valence electrons. The largest absolute Gasteiger partial charge is 0.388 e. The summed E-state index contributed by atoms with van der Waals surface area (Å²) in [5.74, 6) is 0.775. The quantitative estimate of drug-likeness (QED) is 0.654. The smallest absolute Gasteiger partial charge is 0.148 e. The maximum atomic E-state index is 9.43. The lowest BCUT2D eigenvalue weighted by atomic mass is 10.2. The molecule has 0 amide bonds. The van der Waals surface area contributed by atoms with Gasteiger partial charge in [0.2, 0.25) is 0 Å². The van der Waals surface area contributed by atoms with Crippen LogP contribution in [-0.4, -0.2) is 40.2 Å². The number of aryl methyl sites for hydroxylation is 1. The van der Waals surface area contributed by atoms with E-state index in [1.807, 2.05) is 19.3 Å². The summed E-state index contributed by atoms with van der Waals surface area (Å²) in [6.45, 7) is 0.947. The lowest BCUT2D eigenvalue weighted by molar-refractivity contribution is 0.125. The van der Waals surface area contributed by atoms with Gasteiger partial charge in [-0.05, 0) is 0 Å². The summed E-state index contributed by atoms with van der Waals surface area (Å²) in [5, 5.41) is 16.7. The Labute approximate surface area is 76.3 Å². The molecule has 0 spiro atoms. The Hall–Kier alpha value is -1.07. The van der Waals surface area contributed by atoms with Crippen molar-refractivity contribution in [3.05, 3.63) is 12.3 Å². The van der Waals surface area contributed by atoms with Gasteiger partial charge in [-0.1, -0.05) is 0 Å². The lowest BCUT2D eigenvalue weighted by Crippen LogP contribution is -2.31. The lowest BCUT2D eigenvalue weighted by Gasteiger charge is -2.13. The van der Waals surface area contributed by atoms with Crippen LogP contribution >= 0.6 is 0 Å². The summed E-state index contributed by atoms with van der Waals surface area (Å²) in [6.07, 6.45) is 1.42. The van der Waals surface area contributed by atoms with Crippen LogP contribution in [-0.2, 0) is 11.8 Å². The van der Waals surface area contributed by atoms with Crippen LogP contribution in [0, 0.1) is 0 Å². The van der Waals surface area contributed by atoms with Gasteiger partial charge in [-0.15, -0.1) is 0 Å². The fourth-order valence-electron chi connectivity index (χ4n) is 1.36. The number of aliphatic hydroxyl groups excluding tert-OH is 1. The topological polar surface area (TPSA) is 59.3 Å². The highest BCUT2D eigenvalue weighted by molar-refractivity contribution is 5.34. The van der Waals surface area contributed by atoms with Crippen molar-refractivity contribution in [3.63, 3.8) is 0 Å². The van der Waals surface area contributed by atoms with E-state index >= 15 is 0 Å². The minimum Gasteiger partial charge on any atom is -0.388 e. The van der Waals surface area contributed by atoms with E-state index in [2.05, 4.69) is 10.4 Å². The molecule has 0 bridgehead atoms. The maximum absolute atomic E-state index is 9.43. The Morgan fingerprint density at radius 3 is 3.08 bits per heavy atom. The van der Waals surface area contributed by atoms with Gasteiger partial charge in [0.05, 0.1) is 25.4 Å². The van der Waals surface area contributed by atoms with Gasteiger partial charge >= 0.3 is 0 Å². The zero-order valence-corrected chi connectivity index (χ0v) is 7.47. The number of nitrogens with zero attached hydrogens (tertiary/aromatic N) is 2. The number of ether oxygens (including phenoxy) is 1. The second-order valence-corrected chi connectivity index (χ2v) is 3.23. The molecule has 5 nitrogen and oxygen atoms in total. The number of aromatic nitrogens is 2. The third-order valence-electron chi connectivity index (χ3n) is 2.10. The van der Waals surface area contributed by atoms with E-state index in [9.17, 15) is 5.11 Å². The molecule has 0 saturated carbocycles. The summed E-state index contributed by atoms with van der Waals surface area (Å²) in [4.78, 5) is 0. The Balaban J connectivity index is 1.97. The summed E-state index contributed by atoms with van der Waals surface area (Å²) in [7, 11) is 1.85. The fraction of sp³-hybridized carbons (Fsp3) is 0.625. The average molecular weight is 183 g/mol. The van der Waals surface area contributed by atoms with Gasteiger partial charge in [0, 0.05) is 19.3 Å². The zero-order chi connectivity index (χ0) is 9.26. The van der Waals surface area contributed by atoms with Crippen molar-refractivity contribution in [2.24, 2.45) is 7.05 Å². The van der Waals surface area contributed by atoms with Crippen molar-refractivity contribution in [1.82, 2.24) is 9.78 Å². The predicted molar refractivity (Wildman–Crippen MR) is 47.4 cm³/mol. The van der Waals surface area contributed by atoms with Crippen molar-refractivity contribution in [1.29, 1.82) is 0 Å².